The van der Waals surface area contributed by atoms with Crippen molar-refractivity contribution >= 4 is 11.5 Å². The van der Waals surface area contributed by atoms with E-state index in [4.69, 9.17) is 10.5 Å². The molecule has 20 heavy (non-hydrogen) atoms. The quantitative estimate of drug-likeness (QED) is 0.687. The molecule has 0 saturated heterocycles. The average Bonchev–Trinajstić information content (AvgIpc) is 2.43. The standard InChI is InChI=1S/C16H16FNO2/c1-10-3-5-13(8-15(10)18)20-9-16(19)12-4-6-14(17)11(2)7-12/h3-8H,9,18H2,1-2H3. The first kappa shape index (κ1) is 14.1. The lowest BCUT2D eigenvalue weighted by Gasteiger charge is -2.08. The topological polar surface area (TPSA) is 52.3 Å². The first-order valence-electron chi connectivity index (χ1n) is 6.25. The van der Waals surface area contributed by atoms with Crippen LogP contribution in [0.5, 0.6) is 5.75 Å². The predicted octanol–water partition coefficient (Wildman–Crippen LogP) is 3.29. The number of nitrogen functional groups attached to an aromatic ring is 1. The Kier molecular flexibility index (Phi) is 4.03. The van der Waals surface area contributed by atoms with Crippen LogP contribution in [0, 0.1) is 19.7 Å². The predicted molar refractivity (Wildman–Crippen MR) is 76.6 cm³/mol. The number of hydrogen-bond acceptors (Lipinski definition) is 3. The molecule has 2 aromatic carbocycles. The average molecular weight is 273 g/mol. The second kappa shape index (κ2) is 5.74. The van der Waals surface area contributed by atoms with Gasteiger partial charge in [-0.2, -0.15) is 0 Å². The third-order valence-electron chi connectivity index (χ3n) is 3.10. The van der Waals surface area contributed by atoms with Gasteiger partial charge in [0.1, 0.15) is 11.6 Å². The molecule has 0 amide bonds. The smallest absolute Gasteiger partial charge is 0.200 e. The zero-order valence-electron chi connectivity index (χ0n) is 11.4. The van der Waals surface area contributed by atoms with Crippen molar-refractivity contribution in [3.8, 4) is 5.75 Å². The van der Waals surface area contributed by atoms with Gasteiger partial charge in [0.25, 0.3) is 0 Å². The van der Waals surface area contributed by atoms with Gasteiger partial charge in [0.05, 0.1) is 0 Å². The summed E-state index contributed by atoms with van der Waals surface area (Å²) in [6.45, 7) is 3.41. The summed E-state index contributed by atoms with van der Waals surface area (Å²) in [4.78, 5) is 12.0. The van der Waals surface area contributed by atoms with E-state index in [1.165, 1.54) is 18.2 Å². The molecular weight excluding hydrogens is 257 g/mol. The molecule has 0 aliphatic rings. The SMILES string of the molecule is Cc1ccc(OCC(=O)c2ccc(F)c(C)c2)cc1N. The second-order valence-corrected chi connectivity index (χ2v) is 4.69. The summed E-state index contributed by atoms with van der Waals surface area (Å²) in [6.07, 6.45) is 0. The van der Waals surface area contributed by atoms with Crippen LogP contribution >= 0.6 is 0 Å². The monoisotopic (exact) mass is 273 g/mol. The second-order valence-electron chi connectivity index (χ2n) is 4.69. The molecular formula is C16H16FNO2. The molecule has 0 fully saturated rings. The first-order valence-corrected chi connectivity index (χ1v) is 6.25. The van der Waals surface area contributed by atoms with Gasteiger partial charge in [-0.3, -0.25) is 4.79 Å². The van der Waals surface area contributed by atoms with Crippen LogP contribution < -0.4 is 10.5 Å². The van der Waals surface area contributed by atoms with Crippen LogP contribution in [0.3, 0.4) is 0 Å². The minimum Gasteiger partial charge on any atom is -0.485 e. The molecule has 2 N–H and O–H groups in total. The Morgan fingerprint density at radius 1 is 1.15 bits per heavy atom. The molecule has 0 heterocycles. The fourth-order valence-electron chi connectivity index (χ4n) is 1.76. The van der Waals surface area contributed by atoms with Crippen molar-refractivity contribution in [1.29, 1.82) is 0 Å². The third-order valence-corrected chi connectivity index (χ3v) is 3.10. The molecule has 0 saturated carbocycles. The van der Waals surface area contributed by atoms with Gasteiger partial charge in [0, 0.05) is 17.3 Å². The summed E-state index contributed by atoms with van der Waals surface area (Å²) in [5.74, 6) is 0.0151. The van der Waals surface area contributed by atoms with Crippen LogP contribution in [0.15, 0.2) is 36.4 Å². The van der Waals surface area contributed by atoms with Crippen molar-refractivity contribution in [2.45, 2.75) is 13.8 Å². The normalized spacial score (nSPS) is 10.3. The summed E-state index contributed by atoms with van der Waals surface area (Å²) in [5.41, 5.74) is 8.22. The van der Waals surface area contributed by atoms with E-state index in [0.29, 0.717) is 22.6 Å². The molecule has 0 unspecified atom stereocenters. The van der Waals surface area contributed by atoms with E-state index < -0.39 is 0 Å². The van der Waals surface area contributed by atoms with E-state index in [0.717, 1.165) is 5.56 Å². The number of nitrogens with two attached hydrogens (primary N) is 1. The first-order chi connectivity index (χ1) is 9.47. The zero-order chi connectivity index (χ0) is 14.7. The summed E-state index contributed by atoms with van der Waals surface area (Å²) in [5, 5.41) is 0. The largest absolute Gasteiger partial charge is 0.485 e. The van der Waals surface area contributed by atoms with E-state index in [-0.39, 0.29) is 18.2 Å². The molecule has 104 valence electrons. The highest BCUT2D eigenvalue weighted by Crippen LogP contribution is 2.19. The third kappa shape index (κ3) is 3.15. The van der Waals surface area contributed by atoms with E-state index in [1.807, 2.05) is 13.0 Å². The number of rotatable bonds is 4. The molecule has 2 rings (SSSR count). The number of carbonyl (C=O) groups is 1. The lowest BCUT2D eigenvalue weighted by Crippen LogP contribution is -2.12. The van der Waals surface area contributed by atoms with E-state index in [2.05, 4.69) is 0 Å². The maximum Gasteiger partial charge on any atom is 0.200 e. The number of ether oxygens (including phenoxy) is 1. The van der Waals surface area contributed by atoms with Crippen molar-refractivity contribution in [1.82, 2.24) is 0 Å². The van der Waals surface area contributed by atoms with Crippen LogP contribution in [0.4, 0.5) is 10.1 Å². The lowest BCUT2D eigenvalue weighted by atomic mass is 10.1. The number of benzene rings is 2. The molecule has 0 spiro atoms. The lowest BCUT2D eigenvalue weighted by molar-refractivity contribution is 0.0921. The number of carbonyl (C=O) groups excluding carboxylic acids is 1. The van der Waals surface area contributed by atoms with Crippen molar-refractivity contribution in [3.63, 3.8) is 0 Å². The van der Waals surface area contributed by atoms with Gasteiger partial charge >= 0.3 is 0 Å². The minimum absolute atomic E-state index is 0.104. The van der Waals surface area contributed by atoms with Gasteiger partial charge in [0.15, 0.2) is 12.4 Å². The van der Waals surface area contributed by atoms with Gasteiger partial charge in [0.2, 0.25) is 0 Å². The molecule has 0 aliphatic carbocycles. The Balaban J connectivity index is 2.04. The Morgan fingerprint density at radius 3 is 2.55 bits per heavy atom. The summed E-state index contributed by atoms with van der Waals surface area (Å²) >= 11 is 0. The molecule has 0 aromatic heterocycles. The number of hydrogen-bond donors (Lipinski definition) is 1. The van der Waals surface area contributed by atoms with Crippen molar-refractivity contribution < 1.29 is 13.9 Å². The van der Waals surface area contributed by atoms with Crippen molar-refractivity contribution in [3.05, 3.63) is 58.9 Å². The summed E-state index contributed by atoms with van der Waals surface area (Å²) in [6, 6.07) is 9.53. The van der Waals surface area contributed by atoms with Crippen LogP contribution in [0.1, 0.15) is 21.5 Å². The van der Waals surface area contributed by atoms with Gasteiger partial charge in [-0.25, -0.2) is 4.39 Å². The summed E-state index contributed by atoms with van der Waals surface area (Å²) < 4.78 is 18.5. The zero-order valence-corrected chi connectivity index (χ0v) is 11.4. The van der Waals surface area contributed by atoms with Gasteiger partial charge in [-0.15, -0.1) is 0 Å². The van der Waals surface area contributed by atoms with Crippen LogP contribution in [-0.2, 0) is 0 Å². The maximum atomic E-state index is 13.1. The van der Waals surface area contributed by atoms with E-state index in [9.17, 15) is 9.18 Å². The molecule has 4 heteroatoms. The van der Waals surface area contributed by atoms with Crippen LogP contribution in [-0.4, -0.2) is 12.4 Å². The fraction of sp³-hybridized carbons (Fsp3) is 0.188. The van der Waals surface area contributed by atoms with E-state index >= 15 is 0 Å². The Bertz CT molecular complexity index is 653. The Morgan fingerprint density at radius 2 is 1.90 bits per heavy atom. The van der Waals surface area contributed by atoms with Gasteiger partial charge in [-0.05, 0) is 49.2 Å². The minimum atomic E-state index is -0.325. The number of Topliss-reactive ketones (excluding diaryl/α,β-unsaturated/α-hetero) is 1. The molecule has 0 aliphatic heterocycles. The fourth-order valence-corrected chi connectivity index (χ4v) is 1.76. The number of halogens is 1. The Labute approximate surface area is 117 Å². The summed E-state index contributed by atoms with van der Waals surface area (Å²) in [7, 11) is 0. The molecule has 0 atom stereocenters. The highest BCUT2D eigenvalue weighted by atomic mass is 19.1. The van der Waals surface area contributed by atoms with Gasteiger partial charge < -0.3 is 10.5 Å². The van der Waals surface area contributed by atoms with Crippen LogP contribution in [0.2, 0.25) is 0 Å². The molecule has 3 nitrogen and oxygen atoms in total. The Hall–Kier alpha value is -2.36. The van der Waals surface area contributed by atoms with Crippen LogP contribution in [0.25, 0.3) is 0 Å². The van der Waals surface area contributed by atoms with Crippen molar-refractivity contribution in [2.24, 2.45) is 0 Å². The number of ketones is 1. The molecule has 0 bridgehead atoms. The molecule has 2 aromatic rings. The highest BCUT2D eigenvalue weighted by molar-refractivity contribution is 5.97. The van der Waals surface area contributed by atoms with E-state index in [1.54, 1.807) is 19.1 Å². The maximum absolute atomic E-state index is 13.1. The highest BCUT2D eigenvalue weighted by Gasteiger charge is 2.09. The van der Waals surface area contributed by atoms with Crippen molar-refractivity contribution in [2.75, 3.05) is 12.3 Å². The molecule has 0 radical (unpaired) electrons. The number of anilines is 1. The van der Waals surface area contributed by atoms with Gasteiger partial charge in [-0.1, -0.05) is 6.07 Å². The number of aryl methyl sites for hydroxylation is 2.